The van der Waals surface area contributed by atoms with Gasteiger partial charge in [0.2, 0.25) is 11.8 Å². The zero-order valence-corrected chi connectivity index (χ0v) is 20.5. The monoisotopic (exact) mass is 449 g/mol. The van der Waals surface area contributed by atoms with Crippen LogP contribution >= 0.6 is 0 Å². The zero-order valence-electron chi connectivity index (χ0n) is 20.5. The lowest BCUT2D eigenvalue weighted by Gasteiger charge is -2.34. The van der Waals surface area contributed by atoms with Gasteiger partial charge >= 0.3 is 0 Å². The third-order valence-electron chi connectivity index (χ3n) is 6.62. The number of ether oxygens (including phenoxy) is 1. The van der Waals surface area contributed by atoms with Crippen molar-refractivity contribution in [2.75, 3.05) is 39.3 Å². The normalized spacial score (nSPS) is 14.8. The first-order chi connectivity index (χ1) is 15.9. The summed E-state index contributed by atoms with van der Waals surface area (Å²) < 4.78 is 7.87. The number of benzene rings is 1. The first kappa shape index (κ1) is 23.2. The summed E-state index contributed by atoms with van der Waals surface area (Å²) in [5.41, 5.74) is 6.00. The minimum atomic E-state index is 0.208. The maximum atomic E-state index is 12.9. The Labute approximate surface area is 196 Å². The van der Waals surface area contributed by atoms with E-state index in [0.29, 0.717) is 25.3 Å². The molecule has 1 saturated heterocycles. The zero-order chi connectivity index (χ0) is 23.5. The van der Waals surface area contributed by atoms with Crippen LogP contribution in [-0.2, 0) is 11.2 Å². The van der Waals surface area contributed by atoms with E-state index >= 15 is 0 Å². The van der Waals surface area contributed by atoms with Crippen LogP contribution in [-0.4, -0.2) is 69.8 Å². The SMILES string of the molecule is CCOc1nc2c(c(C)nn2-c2cccc(C)c2)c(C)c1CCC(=O)N1CCN(CC)CC1. The minimum absolute atomic E-state index is 0.208. The predicted octanol–water partition coefficient (Wildman–Crippen LogP) is 3.84. The summed E-state index contributed by atoms with van der Waals surface area (Å²) in [7, 11) is 0. The molecule has 1 aliphatic rings. The van der Waals surface area contributed by atoms with Crippen molar-refractivity contribution in [1.82, 2.24) is 24.6 Å². The summed E-state index contributed by atoms with van der Waals surface area (Å²) in [5.74, 6) is 0.819. The number of nitrogens with zero attached hydrogens (tertiary/aromatic N) is 5. The van der Waals surface area contributed by atoms with Crippen LogP contribution in [0.1, 0.15) is 42.7 Å². The van der Waals surface area contributed by atoms with Crippen molar-refractivity contribution >= 4 is 16.9 Å². The Morgan fingerprint density at radius 3 is 2.52 bits per heavy atom. The third-order valence-corrected chi connectivity index (χ3v) is 6.62. The Morgan fingerprint density at radius 1 is 1.09 bits per heavy atom. The number of aryl methyl sites for hydroxylation is 3. The summed E-state index contributed by atoms with van der Waals surface area (Å²) in [6, 6.07) is 8.25. The van der Waals surface area contributed by atoms with E-state index in [2.05, 4.69) is 37.8 Å². The molecule has 7 nitrogen and oxygen atoms in total. The highest BCUT2D eigenvalue weighted by molar-refractivity contribution is 5.86. The molecule has 4 rings (SSSR count). The number of pyridine rings is 1. The largest absolute Gasteiger partial charge is 0.478 e. The lowest BCUT2D eigenvalue weighted by atomic mass is 10.0. The molecular formula is C26H35N5O2. The topological polar surface area (TPSA) is 63.5 Å². The standard InChI is InChI=1S/C26H35N5O2/c1-6-29-13-15-30(16-14-29)23(32)12-11-22-19(4)24-20(5)28-31(21-10-8-9-18(3)17-21)25(24)27-26(22)33-7-2/h8-10,17H,6-7,11-16H2,1-5H3. The fourth-order valence-electron chi connectivity index (χ4n) is 4.73. The van der Waals surface area contributed by atoms with E-state index in [1.165, 1.54) is 5.56 Å². The van der Waals surface area contributed by atoms with Gasteiger partial charge in [0.15, 0.2) is 5.65 Å². The van der Waals surface area contributed by atoms with Gasteiger partial charge in [0, 0.05) is 43.5 Å². The van der Waals surface area contributed by atoms with E-state index in [-0.39, 0.29) is 5.91 Å². The van der Waals surface area contributed by atoms with E-state index in [0.717, 1.165) is 66.3 Å². The number of amides is 1. The number of carbonyl (C=O) groups is 1. The molecule has 0 unspecified atom stereocenters. The Bertz CT molecular complexity index is 1150. The van der Waals surface area contributed by atoms with E-state index in [1.807, 2.05) is 35.6 Å². The quantitative estimate of drug-likeness (QED) is 0.548. The number of carbonyl (C=O) groups excluding carboxylic acids is 1. The number of fused-ring (bicyclic) bond motifs is 1. The van der Waals surface area contributed by atoms with E-state index in [9.17, 15) is 4.79 Å². The van der Waals surface area contributed by atoms with Crippen LogP contribution in [0, 0.1) is 20.8 Å². The number of likely N-dealkylation sites (N-methyl/N-ethyl adjacent to an activating group) is 1. The molecule has 0 bridgehead atoms. The van der Waals surface area contributed by atoms with Crippen LogP contribution in [0.2, 0.25) is 0 Å². The maximum Gasteiger partial charge on any atom is 0.222 e. The molecular weight excluding hydrogens is 414 g/mol. The molecule has 0 spiro atoms. The summed E-state index contributed by atoms with van der Waals surface area (Å²) >= 11 is 0. The third kappa shape index (κ3) is 4.74. The van der Waals surface area contributed by atoms with Gasteiger partial charge in [-0.1, -0.05) is 19.1 Å². The van der Waals surface area contributed by atoms with Gasteiger partial charge < -0.3 is 14.5 Å². The fourth-order valence-corrected chi connectivity index (χ4v) is 4.73. The molecule has 1 aromatic carbocycles. The molecule has 33 heavy (non-hydrogen) atoms. The highest BCUT2D eigenvalue weighted by Gasteiger charge is 2.23. The van der Waals surface area contributed by atoms with Gasteiger partial charge in [-0.05, 0) is 63.9 Å². The van der Waals surface area contributed by atoms with Crippen molar-refractivity contribution in [2.45, 2.75) is 47.5 Å². The van der Waals surface area contributed by atoms with Gasteiger partial charge in [0.1, 0.15) is 0 Å². The smallest absolute Gasteiger partial charge is 0.222 e. The average Bonchev–Trinajstić information content (AvgIpc) is 3.15. The molecule has 1 amide bonds. The molecule has 3 heterocycles. The number of hydrogen-bond donors (Lipinski definition) is 0. The van der Waals surface area contributed by atoms with Crippen molar-refractivity contribution in [1.29, 1.82) is 0 Å². The Balaban J connectivity index is 1.64. The highest BCUT2D eigenvalue weighted by atomic mass is 16.5. The lowest BCUT2D eigenvalue weighted by molar-refractivity contribution is -0.132. The van der Waals surface area contributed by atoms with Gasteiger partial charge in [-0.25, -0.2) is 4.68 Å². The van der Waals surface area contributed by atoms with Crippen molar-refractivity contribution in [2.24, 2.45) is 0 Å². The van der Waals surface area contributed by atoms with Crippen LogP contribution in [0.5, 0.6) is 5.88 Å². The summed E-state index contributed by atoms with van der Waals surface area (Å²) in [6.07, 6.45) is 1.08. The van der Waals surface area contributed by atoms with Gasteiger partial charge in [-0.3, -0.25) is 4.79 Å². The molecule has 176 valence electrons. The number of hydrogen-bond acceptors (Lipinski definition) is 5. The molecule has 0 saturated carbocycles. The fraction of sp³-hybridized carbons (Fsp3) is 0.500. The number of piperazine rings is 1. The van der Waals surface area contributed by atoms with E-state index < -0.39 is 0 Å². The van der Waals surface area contributed by atoms with Crippen LogP contribution in [0.15, 0.2) is 24.3 Å². The first-order valence-corrected chi connectivity index (χ1v) is 12.0. The van der Waals surface area contributed by atoms with Crippen molar-refractivity contribution < 1.29 is 9.53 Å². The molecule has 1 aliphatic heterocycles. The minimum Gasteiger partial charge on any atom is -0.478 e. The second-order valence-corrected chi connectivity index (χ2v) is 8.80. The Hall–Kier alpha value is -2.93. The van der Waals surface area contributed by atoms with Gasteiger partial charge in [-0.2, -0.15) is 10.1 Å². The molecule has 0 aliphatic carbocycles. The summed E-state index contributed by atoms with van der Waals surface area (Å²) in [5, 5.41) is 5.85. The van der Waals surface area contributed by atoms with Crippen molar-refractivity contribution in [3.05, 3.63) is 46.6 Å². The maximum absolute atomic E-state index is 12.9. The van der Waals surface area contributed by atoms with Crippen LogP contribution in [0.3, 0.4) is 0 Å². The van der Waals surface area contributed by atoms with Crippen LogP contribution < -0.4 is 4.74 Å². The Kier molecular flexibility index (Phi) is 6.98. The molecule has 1 fully saturated rings. The van der Waals surface area contributed by atoms with Crippen molar-refractivity contribution in [3.63, 3.8) is 0 Å². The van der Waals surface area contributed by atoms with E-state index in [1.54, 1.807) is 0 Å². The molecule has 7 heteroatoms. The van der Waals surface area contributed by atoms with Gasteiger partial charge in [0.05, 0.1) is 18.0 Å². The van der Waals surface area contributed by atoms with Crippen molar-refractivity contribution in [3.8, 4) is 11.6 Å². The number of aromatic nitrogens is 3. The van der Waals surface area contributed by atoms with Gasteiger partial charge in [-0.15, -0.1) is 0 Å². The molecule has 0 radical (unpaired) electrons. The molecule has 0 N–H and O–H groups in total. The molecule has 2 aromatic heterocycles. The average molecular weight is 450 g/mol. The van der Waals surface area contributed by atoms with Crippen LogP contribution in [0.4, 0.5) is 0 Å². The lowest BCUT2D eigenvalue weighted by Crippen LogP contribution is -2.48. The highest BCUT2D eigenvalue weighted by Crippen LogP contribution is 2.32. The predicted molar refractivity (Wildman–Crippen MR) is 131 cm³/mol. The first-order valence-electron chi connectivity index (χ1n) is 12.0. The summed E-state index contributed by atoms with van der Waals surface area (Å²) in [6.45, 7) is 15.4. The molecule has 0 atom stereocenters. The van der Waals surface area contributed by atoms with E-state index in [4.69, 9.17) is 14.8 Å². The number of rotatable bonds is 7. The summed E-state index contributed by atoms with van der Waals surface area (Å²) in [4.78, 5) is 22.2. The van der Waals surface area contributed by atoms with Gasteiger partial charge in [0.25, 0.3) is 0 Å². The molecule has 3 aromatic rings. The van der Waals surface area contributed by atoms with Crippen LogP contribution in [0.25, 0.3) is 16.7 Å². The Morgan fingerprint density at radius 2 is 1.85 bits per heavy atom. The second kappa shape index (κ2) is 9.91. The second-order valence-electron chi connectivity index (χ2n) is 8.80.